The minimum absolute atomic E-state index is 0.140. The fraction of sp³-hybridized carbons (Fsp3) is 0.167. The Labute approximate surface area is 165 Å². The molecule has 0 unspecified atom stereocenters. The molecule has 2 N–H and O–H groups in total. The van der Waals surface area contributed by atoms with E-state index in [0.717, 1.165) is 5.69 Å². The zero-order valence-corrected chi connectivity index (χ0v) is 16.1. The van der Waals surface area contributed by atoms with Gasteiger partial charge in [0.2, 0.25) is 17.0 Å². The number of carbonyl (C=O) groups is 2. The van der Waals surface area contributed by atoms with E-state index >= 15 is 0 Å². The average molecular weight is 398 g/mol. The van der Waals surface area contributed by atoms with E-state index in [1.54, 1.807) is 55.6 Å². The molecule has 0 aliphatic heterocycles. The zero-order valence-electron chi connectivity index (χ0n) is 15.2. The number of tetrazole rings is 1. The molecule has 0 saturated carbocycles. The van der Waals surface area contributed by atoms with Gasteiger partial charge in [-0.1, -0.05) is 17.8 Å². The number of aromatic nitrogens is 4. The number of amides is 2. The molecule has 0 fully saturated rings. The number of hydrogen-bond acceptors (Lipinski definition) is 7. The number of rotatable bonds is 7. The first-order valence-corrected chi connectivity index (χ1v) is 9.27. The lowest BCUT2D eigenvalue weighted by atomic mass is 10.3. The van der Waals surface area contributed by atoms with E-state index in [1.807, 2.05) is 0 Å². The zero-order chi connectivity index (χ0) is 19.9. The molecule has 0 saturated heterocycles. The summed E-state index contributed by atoms with van der Waals surface area (Å²) in [5, 5.41) is 17.6. The largest absolute Gasteiger partial charge is 0.497 e. The van der Waals surface area contributed by atoms with Gasteiger partial charge in [0.15, 0.2) is 0 Å². The Balaban J connectivity index is 1.62. The van der Waals surface area contributed by atoms with E-state index in [0.29, 0.717) is 22.3 Å². The van der Waals surface area contributed by atoms with Crippen molar-refractivity contribution in [2.75, 3.05) is 23.5 Å². The molecule has 1 heterocycles. The van der Waals surface area contributed by atoms with Gasteiger partial charge in [-0.3, -0.25) is 9.59 Å². The number of carbonyl (C=O) groups excluding carboxylic acids is 2. The van der Waals surface area contributed by atoms with Gasteiger partial charge in [0, 0.05) is 24.4 Å². The number of thioether (sulfide) groups is 1. The topological polar surface area (TPSA) is 111 Å². The summed E-state index contributed by atoms with van der Waals surface area (Å²) in [5.74, 6) is 0.473. The van der Waals surface area contributed by atoms with E-state index in [4.69, 9.17) is 4.74 Å². The summed E-state index contributed by atoms with van der Waals surface area (Å²) in [6.07, 6.45) is 0. The fourth-order valence-electron chi connectivity index (χ4n) is 2.35. The summed E-state index contributed by atoms with van der Waals surface area (Å²) in [4.78, 5) is 23.3. The molecule has 2 aromatic carbocycles. The van der Waals surface area contributed by atoms with Crippen LogP contribution in [0.3, 0.4) is 0 Å². The van der Waals surface area contributed by atoms with Crippen LogP contribution in [0, 0.1) is 0 Å². The molecule has 144 valence electrons. The molecule has 3 rings (SSSR count). The highest BCUT2D eigenvalue weighted by atomic mass is 32.2. The molecular weight excluding hydrogens is 380 g/mol. The normalized spacial score (nSPS) is 10.4. The maximum atomic E-state index is 12.2. The van der Waals surface area contributed by atoms with Crippen LogP contribution >= 0.6 is 11.8 Å². The van der Waals surface area contributed by atoms with Gasteiger partial charge in [-0.15, -0.1) is 5.10 Å². The van der Waals surface area contributed by atoms with Crippen LogP contribution in [-0.2, 0) is 9.59 Å². The van der Waals surface area contributed by atoms with Gasteiger partial charge >= 0.3 is 0 Å². The van der Waals surface area contributed by atoms with Crippen LogP contribution in [0.5, 0.6) is 5.75 Å². The lowest BCUT2D eigenvalue weighted by Gasteiger charge is -2.08. The van der Waals surface area contributed by atoms with Crippen LogP contribution in [-0.4, -0.2) is 44.9 Å². The van der Waals surface area contributed by atoms with Crippen molar-refractivity contribution in [2.45, 2.75) is 12.1 Å². The number of ether oxygens (including phenoxy) is 1. The van der Waals surface area contributed by atoms with E-state index < -0.39 is 0 Å². The third-order valence-corrected chi connectivity index (χ3v) is 4.48. The second kappa shape index (κ2) is 9.00. The van der Waals surface area contributed by atoms with Crippen molar-refractivity contribution >= 4 is 35.0 Å². The van der Waals surface area contributed by atoms with E-state index in [2.05, 4.69) is 26.2 Å². The molecule has 0 aliphatic rings. The molecule has 1 aromatic heterocycles. The van der Waals surface area contributed by atoms with Gasteiger partial charge < -0.3 is 15.4 Å². The van der Waals surface area contributed by atoms with E-state index in [-0.39, 0.29) is 17.6 Å². The molecular formula is C18H18N6O3S. The molecule has 3 aromatic rings. The SMILES string of the molecule is COc1cccc(NC(=O)CSc2nnnn2-c2ccc(NC(C)=O)cc2)c1. The predicted octanol–water partition coefficient (Wildman–Crippen LogP) is 2.36. The Morgan fingerprint density at radius 2 is 1.89 bits per heavy atom. The summed E-state index contributed by atoms with van der Waals surface area (Å²) < 4.78 is 6.67. The number of benzene rings is 2. The van der Waals surface area contributed by atoms with Crippen LogP contribution < -0.4 is 15.4 Å². The summed E-state index contributed by atoms with van der Waals surface area (Å²) in [6.45, 7) is 1.45. The lowest BCUT2D eigenvalue weighted by Crippen LogP contribution is -2.14. The number of nitrogens with one attached hydrogen (secondary N) is 2. The Hall–Kier alpha value is -3.40. The summed E-state index contributed by atoms with van der Waals surface area (Å²) in [7, 11) is 1.57. The van der Waals surface area contributed by atoms with Gasteiger partial charge in [0.1, 0.15) is 5.75 Å². The average Bonchev–Trinajstić information content (AvgIpc) is 3.15. The smallest absolute Gasteiger partial charge is 0.234 e. The first-order valence-electron chi connectivity index (χ1n) is 8.28. The Morgan fingerprint density at radius 3 is 2.61 bits per heavy atom. The summed E-state index contributed by atoms with van der Waals surface area (Å²) in [6, 6.07) is 14.2. The first-order chi connectivity index (χ1) is 13.5. The van der Waals surface area contributed by atoms with E-state index in [1.165, 1.54) is 23.4 Å². The molecule has 0 atom stereocenters. The predicted molar refractivity (Wildman–Crippen MR) is 106 cm³/mol. The Bertz CT molecular complexity index is 973. The fourth-order valence-corrected chi connectivity index (χ4v) is 3.04. The quantitative estimate of drug-likeness (QED) is 0.588. The van der Waals surface area contributed by atoms with Crippen molar-refractivity contribution in [3.63, 3.8) is 0 Å². The van der Waals surface area contributed by atoms with E-state index in [9.17, 15) is 9.59 Å². The number of methoxy groups -OCH3 is 1. The minimum Gasteiger partial charge on any atom is -0.497 e. The maximum absolute atomic E-state index is 12.2. The van der Waals surface area contributed by atoms with Gasteiger partial charge in [0.25, 0.3) is 0 Å². The molecule has 10 heteroatoms. The molecule has 0 radical (unpaired) electrons. The van der Waals surface area contributed by atoms with Crippen LogP contribution in [0.25, 0.3) is 5.69 Å². The lowest BCUT2D eigenvalue weighted by molar-refractivity contribution is -0.114. The highest BCUT2D eigenvalue weighted by molar-refractivity contribution is 7.99. The van der Waals surface area contributed by atoms with Crippen LogP contribution in [0.4, 0.5) is 11.4 Å². The standard InChI is InChI=1S/C18H18N6O3S/c1-12(25)19-13-6-8-15(9-7-13)24-18(21-22-23-24)28-11-17(26)20-14-4-3-5-16(10-14)27-2/h3-10H,11H2,1-2H3,(H,19,25)(H,20,26). The number of hydrogen-bond donors (Lipinski definition) is 2. The van der Waals surface area contributed by atoms with Crippen molar-refractivity contribution in [1.82, 2.24) is 20.2 Å². The number of nitrogens with zero attached hydrogens (tertiary/aromatic N) is 4. The number of anilines is 2. The molecule has 0 spiro atoms. The molecule has 2 amide bonds. The molecule has 9 nitrogen and oxygen atoms in total. The second-order valence-electron chi connectivity index (χ2n) is 5.67. The van der Waals surface area contributed by atoms with Gasteiger partial charge in [-0.2, -0.15) is 4.68 Å². The van der Waals surface area contributed by atoms with Gasteiger partial charge in [-0.25, -0.2) is 0 Å². The molecule has 28 heavy (non-hydrogen) atoms. The maximum Gasteiger partial charge on any atom is 0.234 e. The van der Waals surface area contributed by atoms with Crippen molar-refractivity contribution in [3.8, 4) is 11.4 Å². The summed E-state index contributed by atoms with van der Waals surface area (Å²) in [5.41, 5.74) is 2.05. The minimum atomic E-state index is -0.186. The van der Waals surface area contributed by atoms with Gasteiger partial charge in [-0.05, 0) is 46.8 Å². The highest BCUT2D eigenvalue weighted by Crippen LogP contribution is 2.21. The third kappa shape index (κ3) is 5.07. The van der Waals surface area contributed by atoms with Crippen LogP contribution in [0.1, 0.15) is 6.92 Å². The van der Waals surface area contributed by atoms with Crippen molar-refractivity contribution in [3.05, 3.63) is 48.5 Å². The van der Waals surface area contributed by atoms with Crippen molar-refractivity contribution in [2.24, 2.45) is 0 Å². The second-order valence-corrected chi connectivity index (χ2v) is 6.61. The third-order valence-electron chi connectivity index (χ3n) is 3.56. The van der Waals surface area contributed by atoms with Crippen molar-refractivity contribution < 1.29 is 14.3 Å². The highest BCUT2D eigenvalue weighted by Gasteiger charge is 2.12. The van der Waals surface area contributed by atoms with Crippen LogP contribution in [0.15, 0.2) is 53.7 Å². The Morgan fingerprint density at radius 1 is 1.11 bits per heavy atom. The molecule has 0 bridgehead atoms. The molecule has 0 aliphatic carbocycles. The van der Waals surface area contributed by atoms with Crippen molar-refractivity contribution in [1.29, 1.82) is 0 Å². The Kier molecular flexibility index (Phi) is 6.22. The monoisotopic (exact) mass is 398 g/mol. The van der Waals surface area contributed by atoms with Crippen LogP contribution in [0.2, 0.25) is 0 Å². The van der Waals surface area contributed by atoms with Gasteiger partial charge in [0.05, 0.1) is 18.6 Å². The first kappa shape index (κ1) is 19.4. The summed E-state index contributed by atoms with van der Waals surface area (Å²) >= 11 is 1.21.